The first-order valence-corrected chi connectivity index (χ1v) is 4.75. The molecule has 1 aliphatic rings. The summed E-state index contributed by atoms with van der Waals surface area (Å²) < 4.78 is 4.54. The molecule has 0 aromatic rings. The summed E-state index contributed by atoms with van der Waals surface area (Å²) in [6.45, 7) is 0.831. The third kappa shape index (κ3) is 2.49. The minimum absolute atomic E-state index is 0.120. The third-order valence-corrected chi connectivity index (χ3v) is 2.25. The number of carbonyl (C=O) groups is 1. The number of nitrogens with zero attached hydrogens (tertiary/aromatic N) is 1. The maximum Gasteiger partial charge on any atom is 0.350 e. The number of hydrogen-bond donors (Lipinski definition) is 1. The Labute approximate surface area is 83.5 Å². The highest BCUT2D eigenvalue weighted by Crippen LogP contribution is 2.15. The van der Waals surface area contributed by atoms with Gasteiger partial charge in [-0.1, -0.05) is 6.42 Å². The van der Waals surface area contributed by atoms with Crippen LogP contribution in [0.3, 0.4) is 0 Å². The van der Waals surface area contributed by atoms with Gasteiger partial charge in [-0.15, -0.1) is 0 Å². The van der Waals surface area contributed by atoms with Crippen molar-refractivity contribution < 1.29 is 9.53 Å². The Balaban J connectivity index is 2.86. The van der Waals surface area contributed by atoms with Gasteiger partial charge in [0.05, 0.1) is 7.11 Å². The van der Waals surface area contributed by atoms with Crippen molar-refractivity contribution in [2.45, 2.75) is 25.7 Å². The topological polar surface area (TPSA) is 62.1 Å². The van der Waals surface area contributed by atoms with Crippen LogP contribution in [0.5, 0.6) is 0 Å². The summed E-state index contributed by atoms with van der Waals surface area (Å²) in [5.74, 6) is -0.545. The summed E-state index contributed by atoms with van der Waals surface area (Å²) in [5.41, 5.74) is 0.853. The zero-order chi connectivity index (χ0) is 10.4. The monoisotopic (exact) mass is 194 g/mol. The van der Waals surface area contributed by atoms with Crippen molar-refractivity contribution >= 4 is 5.97 Å². The normalized spacial score (nSPS) is 20.0. The second kappa shape index (κ2) is 5.28. The Bertz CT molecular complexity index is 279. The number of ether oxygens (including phenoxy) is 1. The minimum Gasteiger partial charge on any atom is -0.465 e. The van der Waals surface area contributed by atoms with Crippen LogP contribution < -0.4 is 5.32 Å². The van der Waals surface area contributed by atoms with Gasteiger partial charge in [-0.05, 0) is 19.3 Å². The molecule has 1 heterocycles. The Hall–Kier alpha value is -1.50. The van der Waals surface area contributed by atoms with E-state index < -0.39 is 5.97 Å². The van der Waals surface area contributed by atoms with Gasteiger partial charge in [0.2, 0.25) is 0 Å². The second-order valence-electron chi connectivity index (χ2n) is 3.19. The molecule has 0 aromatic carbocycles. The Morgan fingerprint density at radius 2 is 2.29 bits per heavy atom. The van der Waals surface area contributed by atoms with Crippen molar-refractivity contribution in [1.29, 1.82) is 5.26 Å². The van der Waals surface area contributed by atoms with E-state index in [0.717, 1.165) is 37.9 Å². The van der Waals surface area contributed by atoms with Gasteiger partial charge in [0.15, 0.2) is 5.57 Å². The number of methoxy groups -OCH3 is 1. The van der Waals surface area contributed by atoms with Crippen molar-refractivity contribution in [3.63, 3.8) is 0 Å². The summed E-state index contributed by atoms with van der Waals surface area (Å²) in [7, 11) is 1.29. The van der Waals surface area contributed by atoms with Crippen molar-refractivity contribution in [1.82, 2.24) is 5.32 Å². The number of rotatable bonds is 1. The number of esters is 1. The highest BCUT2D eigenvalue weighted by Gasteiger charge is 2.16. The summed E-state index contributed by atoms with van der Waals surface area (Å²) in [6.07, 6.45) is 4.00. The smallest absolute Gasteiger partial charge is 0.350 e. The molecule has 76 valence electrons. The van der Waals surface area contributed by atoms with Crippen LogP contribution in [0, 0.1) is 11.3 Å². The first kappa shape index (κ1) is 10.6. The summed E-state index contributed by atoms with van der Waals surface area (Å²) in [4.78, 5) is 11.2. The molecule has 4 heteroatoms. The van der Waals surface area contributed by atoms with Gasteiger partial charge in [0.25, 0.3) is 0 Å². The van der Waals surface area contributed by atoms with Crippen LogP contribution in [0.25, 0.3) is 0 Å². The molecule has 0 spiro atoms. The van der Waals surface area contributed by atoms with E-state index in [1.807, 2.05) is 6.07 Å². The molecule has 0 aliphatic carbocycles. The number of allylic oxidation sites excluding steroid dienone is 1. The summed E-state index contributed by atoms with van der Waals surface area (Å²) in [6, 6.07) is 1.89. The van der Waals surface area contributed by atoms with E-state index in [4.69, 9.17) is 5.26 Å². The lowest BCUT2D eigenvalue weighted by atomic mass is 10.1. The molecule has 0 amide bonds. The average molecular weight is 194 g/mol. The van der Waals surface area contributed by atoms with Crippen LogP contribution in [0.2, 0.25) is 0 Å². The molecule has 1 saturated heterocycles. The predicted octanol–water partition coefficient (Wildman–Crippen LogP) is 1.10. The lowest BCUT2D eigenvalue weighted by Crippen LogP contribution is -2.18. The zero-order valence-electron chi connectivity index (χ0n) is 8.30. The summed E-state index contributed by atoms with van der Waals surface area (Å²) >= 11 is 0. The molecule has 0 aromatic heterocycles. The number of nitriles is 1. The molecule has 1 rings (SSSR count). The van der Waals surface area contributed by atoms with E-state index in [1.165, 1.54) is 7.11 Å². The molecule has 4 nitrogen and oxygen atoms in total. The van der Waals surface area contributed by atoms with Gasteiger partial charge in [0, 0.05) is 12.2 Å². The van der Waals surface area contributed by atoms with E-state index in [1.54, 1.807) is 0 Å². The SMILES string of the molecule is COC(=O)/C(C#N)=C1/CCCCCN1. The largest absolute Gasteiger partial charge is 0.465 e. The molecular formula is C10H14N2O2. The molecule has 0 unspecified atom stereocenters. The van der Waals surface area contributed by atoms with Gasteiger partial charge >= 0.3 is 5.97 Å². The van der Waals surface area contributed by atoms with Crippen LogP contribution in [0.4, 0.5) is 0 Å². The maximum absolute atomic E-state index is 11.2. The molecule has 0 bridgehead atoms. The van der Waals surface area contributed by atoms with E-state index in [9.17, 15) is 4.79 Å². The lowest BCUT2D eigenvalue weighted by molar-refractivity contribution is -0.135. The average Bonchev–Trinajstić information content (AvgIpc) is 2.47. The molecule has 1 fully saturated rings. The summed E-state index contributed by atoms with van der Waals surface area (Å²) in [5, 5.41) is 11.9. The zero-order valence-corrected chi connectivity index (χ0v) is 8.30. The third-order valence-electron chi connectivity index (χ3n) is 2.25. The van der Waals surface area contributed by atoms with Crippen molar-refractivity contribution in [3.05, 3.63) is 11.3 Å². The van der Waals surface area contributed by atoms with Crippen molar-refractivity contribution in [2.75, 3.05) is 13.7 Å². The van der Waals surface area contributed by atoms with E-state index in [0.29, 0.717) is 0 Å². The Morgan fingerprint density at radius 3 is 2.93 bits per heavy atom. The fourth-order valence-corrected chi connectivity index (χ4v) is 1.48. The maximum atomic E-state index is 11.2. The van der Waals surface area contributed by atoms with Crippen molar-refractivity contribution in [2.24, 2.45) is 0 Å². The molecule has 0 radical (unpaired) electrons. The predicted molar refractivity (Wildman–Crippen MR) is 51.1 cm³/mol. The number of carbonyl (C=O) groups excluding carboxylic acids is 1. The first-order chi connectivity index (χ1) is 6.79. The van der Waals surface area contributed by atoms with Crippen LogP contribution in [0.1, 0.15) is 25.7 Å². The number of hydrogen-bond acceptors (Lipinski definition) is 4. The highest BCUT2D eigenvalue weighted by atomic mass is 16.5. The molecule has 0 saturated carbocycles. The van der Waals surface area contributed by atoms with Crippen LogP contribution in [-0.4, -0.2) is 19.6 Å². The number of nitrogens with one attached hydrogen (secondary N) is 1. The molecule has 0 atom stereocenters. The standard InChI is InChI=1S/C10H14N2O2/c1-14-10(13)8(7-11)9-5-3-2-4-6-12-9/h12H,2-6H2,1H3/b9-8-. The molecule has 1 aliphatic heterocycles. The molecular weight excluding hydrogens is 180 g/mol. The van der Waals surface area contributed by atoms with Crippen LogP contribution >= 0.6 is 0 Å². The van der Waals surface area contributed by atoms with E-state index >= 15 is 0 Å². The van der Waals surface area contributed by atoms with Crippen LogP contribution in [-0.2, 0) is 9.53 Å². The first-order valence-electron chi connectivity index (χ1n) is 4.75. The van der Waals surface area contributed by atoms with Gasteiger partial charge in [-0.2, -0.15) is 5.26 Å². The van der Waals surface area contributed by atoms with Gasteiger partial charge < -0.3 is 10.1 Å². The van der Waals surface area contributed by atoms with Gasteiger partial charge in [-0.25, -0.2) is 4.79 Å². The van der Waals surface area contributed by atoms with Gasteiger partial charge in [0.1, 0.15) is 6.07 Å². The fourth-order valence-electron chi connectivity index (χ4n) is 1.48. The Morgan fingerprint density at radius 1 is 1.50 bits per heavy atom. The molecule has 1 N–H and O–H groups in total. The van der Waals surface area contributed by atoms with Crippen LogP contribution in [0.15, 0.2) is 11.3 Å². The highest BCUT2D eigenvalue weighted by molar-refractivity contribution is 5.93. The van der Waals surface area contributed by atoms with E-state index in [-0.39, 0.29) is 5.57 Å². The minimum atomic E-state index is -0.545. The fraction of sp³-hybridized carbons (Fsp3) is 0.600. The lowest BCUT2D eigenvalue weighted by Gasteiger charge is -2.07. The molecule has 14 heavy (non-hydrogen) atoms. The van der Waals surface area contributed by atoms with Gasteiger partial charge in [-0.3, -0.25) is 0 Å². The van der Waals surface area contributed by atoms with E-state index in [2.05, 4.69) is 10.1 Å². The van der Waals surface area contributed by atoms with Crippen molar-refractivity contribution in [3.8, 4) is 6.07 Å². The Kier molecular flexibility index (Phi) is 3.99. The second-order valence-corrected chi connectivity index (χ2v) is 3.19. The quantitative estimate of drug-likeness (QED) is 0.386.